The van der Waals surface area contributed by atoms with E-state index in [1.807, 2.05) is 24.3 Å². The summed E-state index contributed by atoms with van der Waals surface area (Å²) in [5.41, 5.74) is 6.24. The molecule has 1 N–H and O–H groups in total. The summed E-state index contributed by atoms with van der Waals surface area (Å²) in [5.74, 6) is 0. The second-order valence-corrected chi connectivity index (χ2v) is 7.52. The molecule has 0 fully saturated rings. The van der Waals surface area contributed by atoms with Crippen molar-refractivity contribution in [2.24, 2.45) is 0 Å². The third-order valence-electron chi connectivity index (χ3n) is 5.61. The molecule has 0 atom stereocenters. The van der Waals surface area contributed by atoms with Crippen LogP contribution < -0.4 is 5.32 Å². The number of fused-ring (bicyclic) bond motifs is 5. The SMILES string of the molecule is c1ccc(Nc2ccc3oc4c(-c5ccccc5)cc5ccccc5c4c3c2)cc1. The number of hydrogen-bond acceptors (Lipinski definition) is 2. The fraction of sp³-hybridized carbons (Fsp3) is 0. The van der Waals surface area contributed by atoms with E-state index in [1.165, 1.54) is 16.2 Å². The average molecular weight is 385 g/mol. The van der Waals surface area contributed by atoms with Crippen LogP contribution in [0, 0.1) is 0 Å². The Labute approximate surface area is 174 Å². The molecule has 1 aromatic heterocycles. The molecule has 6 rings (SSSR count). The fourth-order valence-corrected chi connectivity index (χ4v) is 4.22. The van der Waals surface area contributed by atoms with Gasteiger partial charge in [0, 0.05) is 27.7 Å². The predicted molar refractivity (Wildman–Crippen MR) is 126 cm³/mol. The zero-order chi connectivity index (χ0) is 19.9. The Morgan fingerprint density at radius 2 is 1.30 bits per heavy atom. The van der Waals surface area contributed by atoms with Gasteiger partial charge in [-0.1, -0.05) is 72.8 Å². The highest BCUT2D eigenvalue weighted by atomic mass is 16.3. The van der Waals surface area contributed by atoms with E-state index in [-0.39, 0.29) is 0 Å². The minimum Gasteiger partial charge on any atom is -0.455 e. The first-order chi connectivity index (χ1) is 14.9. The minimum absolute atomic E-state index is 0.900. The maximum atomic E-state index is 6.42. The topological polar surface area (TPSA) is 25.2 Å². The van der Waals surface area contributed by atoms with Crippen molar-refractivity contribution in [1.82, 2.24) is 0 Å². The van der Waals surface area contributed by atoms with Crippen LogP contribution in [-0.4, -0.2) is 0 Å². The molecule has 0 bridgehead atoms. The highest BCUT2D eigenvalue weighted by Crippen LogP contribution is 2.41. The van der Waals surface area contributed by atoms with Gasteiger partial charge in [-0.05, 0) is 52.7 Å². The number of para-hydroxylation sites is 1. The summed E-state index contributed by atoms with van der Waals surface area (Å²) in [6.45, 7) is 0. The molecule has 0 aliphatic carbocycles. The molecule has 142 valence electrons. The van der Waals surface area contributed by atoms with E-state index in [1.54, 1.807) is 0 Å². The molecule has 0 saturated carbocycles. The highest BCUT2D eigenvalue weighted by molar-refractivity contribution is 6.22. The first-order valence-electron chi connectivity index (χ1n) is 10.1. The van der Waals surface area contributed by atoms with Crippen LogP contribution in [0.2, 0.25) is 0 Å². The van der Waals surface area contributed by atoms with Crippen LogP contribution in [-0.2, 0) is 0 Å². The van der Waals surface area contributed by atoms with Gasteiger partial charge in [0.25, 0.3) is 0 Å². The smallest absolute Gasteiger partial charge is 0.143 e. The van der Waals surface area contributed by atoms with E-state index >= 15 is 0 Å². The minimum atomic E-state index is 0.900. The van der Waals surface area contributed by atoms with Crippen LogP contribution in [0.15, 0.2) is 114 Å². The monoisotopic (exact) mass is 385 g/mol. The van der Waals surface area contributed by atoms with Crippen molar-refractivity contribution in [3.05, 3.63) is 109 Å². The van der Waals surface area contributed by atoms with Crippen LogP contribution in [0.5, 0.6) is 0 Å². The summed E-state index contributed by atoms with van der Waals surface area (Å²) in [5, 5.41) is 8.22. The van der Waals surface area contributed by atoms with Crippen molar-refractivity contribution in [2.45, 2.75) is 0 Å². The van der Waals surface area contributed by atoms with Gasteiger partial charge in [0.05, 0.1) is 0 Å². The van der Waals surface area contributed by atoms with Gasteiger partial charge in [0.15, 0.2) is 0 Å². The van der Waals surface area contributed by atoms with E-state index in [9.17, 15) is 0 Å². The van der Waals surface area contributed by atoms with Gasteiger partial charge in [0.2, 0.25) is 0 Å². The van der Waals surface area contributed by atoms with Gasteiger partial charge in [-0.15, -0.1) is 0 Å². The number of benzene rings is 5. The van der Waals surface area contributed by atoms with Gasteiger partial charge >= 0.3 is 0 Å². The third-order valence-corrected chi connectivity index (χ3v) is 5.61. The van der Waals surface area contributed by atoms with Gasteiger partial charge < -0.3 is 9.73 Å². The summed E-state index contributed by atoms with van der Waals surface area (Å²) < 4.78 is 6.42. The largest absolute Gasteiger partial charge is 0.455 e. The third kappa shape index (κ3) is 2.73. The van der Waals surface area contributed by atoms with E-state index in [0.29, 0.717) is 0 Å². The van der Waals surface area contributed by atoms with Crippen molar-refractivity contribution >= 4 is 44.1 Å². The molecule has 1 heterocycles. The maximum Gasteiger partial charge on any atom is 0.143 e. The summed E-state index contributed by atoms with van der Waals surface area (Å²) >= 11 is 0. The van der Waals surface area contributed by atoms with Crippen molar-refractivity contribution < 1.29 is 4.42 Å². The Kier molecular flexibility index (Phi) is 3.82. The van der Waals surface area contributed by atoms with Crippen LogP contribution >= 0.6 is 0 Å². The van der Waals surface area contributed by atoms with Crippen molar-refractivity contribution in [3.63, 3.8) is 0 Å². The van der Waals surface area contributed by atoms with Crippen LogP contribution in [0.3, 0.4) is 0 Å². The van der Waals surface area contributed by atoms with Gasteiger partial charge in [-0.3, -0.25) is 0 Å². The Morgan fingerprint density at radius 3 is 2.13 bits per heavy atom. The molecular weight excluding hydrogens is 366 g/mol. The van der Waals surface area contributed by atoms with Gasteiger partial charge in [-0.2, -0.15) is 0 Å². The van der Waals surface area contributed by atoms with Crippen LogP contribution in [0.1, 0.15) is 0 Å². The lowest BCUT2D eigenvalue weighted by atomic mass is 9.96. The van der Waals surface area contributed by atoms with Crippen molar-refractivity contribution in [3.8, 4) is 11.1 Å². The number of anilines is 2. The summed E-state index contributed by atoms with van der Waals surface area (Å²) in [7, 11) is 0. The van der Waals surface area contributed by atoms with E-state index in [2.05, 4.69) is 90.2 Å². The van der Waals surface area contributed by atoms with Gasteiger partial charge in [-0.25, -0.2) is 0 Å². The number of hydrogen-bond donors (Lipinski definition) is 1. The number of nitrogens with one attached hydrogen (secondary N) is 1. The Balaban J connectivity index is 1.65. The summed E-state index contributed by atoms with van der Waals surface area (Å²) in [6, 6.07) is 37.8. The molecule has 0 amide bonds. The molecule has 0 radical (unpaired) electrons. The normalized spacial score (nSPS) is 11.3. The average Bonchev–Trinajstić information content (AvgIpc) is 3.19. The van der Waals surface area contributed by atoms with Gasteiger partial charge in [0.1, 0.15) is 11.2 Å². The summed E-state index contributed by atoms with van der Waals surface area (Å²) in [4.78, 5) is 0. The quantitative estimate of drug-likeness (QED) is 0.332. The van der Waals surface area contributed by atoms with Crippen LogP contribution in [0.25, 0.3) is 43.8 Å². The highest BCUT2D eigenvalue weighted by Gasteiger charge is 2.16. The molecule has 2 heteroatoms. The molecule has 30 heavy (non-hydrogen) atoms. The zero-order valence-corrected chi connectivity index (χ0v) is 16.3. The molecule has 2 nitrogen and oxygen atoms in total. The first kappa shape index (κ1) is 16.9. The molecule has 6 aromatic rings. The number of furan rings is 1. The molecular formula is C28H19NO. The molecule has 0 unspecified atom stereocenters. The standard InChI is InChI=1S/C28H19NO/c1-3-9-19(10-4-1)24-17-20-11-7-8-14-23(20)27-25-18-22(15-16-26(25)30-28(24)27)29-21-12-5-2-6-13-21/h1-18,29H. The van der Waals surface area contributed by atoms with E-state index in [0.717, 1.165) is 39.1 Å². The second-order valence-electron chi connectivity index (χ2n) is 7.52. The maximum absolute atomic E-state index is 6.42. The number of rotatable bonds is 3. The molecule has 0 aliphatic heterocycles. The lowest BCUT2D eigenvalue weighted by Gasteiger charge is -2.07. The molecule has 5 aromatic carbocycles. The van der Waals surface area contributed by atoms with Crippen LogP contribution in [0.4, 0.5) is 11.4 Å². The lowest BCUT2D eigenvalue weighted by molar-refractivity contribution is 0.670. The first-order valence-corrected chi connectivity index (χ1v) is 10.1. The summed E-state index contributed by atoms with van der Waals surface area (Å²) in [6.07, 6.45) is 0. The Morgan fingerprint density at radius 1 is 0.567 bits per heavy atom. The molecule has 0 saturated heterocycles. The lowest BCUT2D eigenvalue weighted by Crippen LogP contribution is -1.88. The van der Waals surface area contributed by atoms with E-state index < -0.39 is 0 Å². The fourth-order valence-electron chi connectivity index (χ4n) is 4.22. The Hall–Kier alpha value is -4.04. The Bertz CT molecular complexity index is 1500. The predicted octanol–water partition coefficient (Wildman–Crippen LogP) is 8.15. The van der Waals surface area contributed by atoms with Crippen molar-refractivity contribution in [2.75, 3.05) is 5.32 Å². The van der Waals surface area contributed by atoms with Crippen molar-refractivity contribution in [1.29, 1.82) is 0 Å². The van der Waals surface area contributed by atoms with E-state index in [4.69, 9.17) is 4.42 Å². The molecule has 0 aliphatic rings. The molecule has 0 spiro atoms. The second kappa shape index (κ2) is 6.78. The zero-order valence-electron chi connectivity index (χ0n) is 16.3.